The molecule has 2 aromatic rings. The molecule has 1 heterocycles. The van der Waals surface area contributed by atoms with E-state index in [1.807, 2.05) is 0 Å². The van der Waals surface area contributed by atoms with E-state index in [2.05, 4.69) is 19.2 Å². The summed E-state index contributed by atoms with van der Waals surface area (Å²) in [6, 6.07) is 6.78. The van der Waals surface area contributed by atoms with Gasteiger partial charge in [0.2, 0.25) is 5.79 Å². The Hall–Kier alpha value is -2.67. The standard InChI is InChI=1S/C22H25F2NO4/c1-13(2)7-8-25-12-14-9-17(23)20(18(24)10-14)27-15-5-6-16-19(11-15)28-22(3,4)29-21(16)26/h5-6,9-11,13,25H,7-8,12H2,1-4H3. The molecule has 0 aliphatic carbocycles. The Balaban J connectivity index is 1.74. The van der Waals surface area contributed by atoms with Crippen LogP contribution < -0.4 is 14.8 Å². The highest BCUT2D eigenvalue weighted by Gasteiger charge is 2.34. The molecular formula is C22H25F2NO4. The van der Waals surface area contributed by atoms with Crippen LogP contribution >= 0.6 is 0 Å². The van der Waals surface area contributed by atoms with Crippen LogP contribution in [0.4, 0.5) is 8.78 Å². The molecule has 1 aliphatic rings. The third-order valence-corrected chi connectivity index (χ3v) is 4.37. The lowest BCUT2D eigenvalue weighted by atomic mass is 10.1. The summed E-state index contributed by atoms with van der Waals surface area (Å²) in [6.07, 6.45) is 0.983. The Labute approximate surface area is 169 Å². The summed E-state index contributed by atoms with van der Waals surface area (Å²) in [7, 11) is 0. The first kappa shape index (κ1) is 21.0. The van der Waals surface area contributed by atoms with E-state index in [-0.39, 0.29) is 17.1 Å². The fraction of sp³-hybridized carbons (Fsp3) is 0.409. The third kappa shape index (κ3) is 5.23. The van der Waals surface area contributed by atoms with Crippen LogP contribution in [-0.4, -0.2) is 18.3 Å². The number of hydrogen-bond donors (Lipinski definition) is 1. The summed E-state index contributed by atoms with van der Waals surface area (Å²) in [5, 5.41) is 3.17. The molecule has 0 saturated heterocycles. The van der Waals surface area contributed by atoms with Gasteiger partial charge in [0.1, 0.15) is 17.1 Å². The second-order valence-corrected chi connectivity index (χ2v) is 7.90. The highest BCUT2D eigenvalue weighted by Crippen LogP contribution is 2.36. The van der Waals surface area contributed by atoms with E-state index in [4.69, 9.17) is 14.2 Å². The van der Waals surface area contributed by atoms with Gasteiger partial charge in [0, 0.05) is 26.5 Å². The van der Waals surface area contributed by atoms with Crippen LogP contribution in [0.25, 0.3) is 0 Å². The molecule has 0 amide bonds. The molecule has 0 spiro atoms. The second kappa shape index (κ2) is 8.37. The maximum atomic E-state index is 14.5. The largest absolute Gasteiger partial charge is 0.452 e. The van der Waals surface area contributed by atoms with Gasteiger partial charge in [-0.25, -0.2) is 13.6 Å². The quantitative estimate of drug-likeness (QED) is 0.508. The van der Waals surface area contributed by atoms with Crippen LogP contribution in [0.2, 0.25) is 0 Å². The van der Waals surface area contributed by atoms with Gasteiger partial charge in [0.05, 0.1) is 0 Å². The Morgan fingerprint density at radius 3 is 2.45 bits per heavy atom. The van der Waals surface area contributed by atoms with Crippen LogP contribution in [0.15, 0.2) is 30.3 Å². The van der Waals surface area contributed by atoms with Crippen LogP contribution in [0.5, 0.6) is 17.2 Å². The number of rotatable bonds is 7. The van der Waals surface area contributed by atoms with E-state index >= 15 is 0 Å². The van der Waals surface area contributed by atoms with Crippen molar-refractivity contribution < 1.29 is 27.8 Å². The number of fused-ring (bicyclic) bond motifs is 1. The van der Waals surface area contributed by atoms with Crippen molar-refractivity contribution in [2.75, 3.05) is 6.54 Å². The van der Waals surface area contributed by atoms with Gasteiger partial charge in [-0.05, 0) is 48.7 Å². The van der Waals surface area contributed by atoms with Gasteiger partial charge in [0.15, 0.2) is 17.4 Å². The molecule has 29 heavy (non-hydrogen) atoms. The van der Waals surface area contributed by atoms with E-state index in [1.165, 1.54) is 30.3 Å². The first-order valence-corrected chi connectivity index (χ1v) is 9.57. The number of esters is 1. The Kier molecular flexibility index (Phi) is 6.07. The maximum absolute atomic E-state index is 14.5. The van der Waals surface area contributed by atoms with Crippen molar-refractivity contribution in [1.29, 1.82) is 0 Å². The van der Waals surface area contributed by atoms with Crippen LogP contribution in [0, 0.1) is 17.6 Å². The van der Waals surface area contributed by atoms with Gasteiger partial charge < -0.3 is 19.5 Å². The second-order valence-electron chi connectivity index (χ2n) is 7.90. The van der Waals surface area contributed by atoms with E-state index in [0.717, 1.165) is 13.0 Å². The lowest BCUT2D eigenvalue weighted by Gasteiger charge is -2.31. The zero-order chi connectivity index (χ0) is 21.2. The van der Waals surface area contributed by atoms with Crippen molar-refractivity contribution in [2.24, 2.45) is 5.92 Å². The number of carbonyl (C=O) groups excluding carboxylic acids is 1. The van der Waals surface area contributed by atoms with Crippen molar-refractivity contribution in [1.82, 2.24) is 5.32 Å². The zero-order valence-corrected chi connectivity index (χ0v) is 17.0. The SMILES string of the molecule is CC(C)CCNCc1cc(F)c(Oc2ccc3c(c2)OC(C)(C)OC3=O)c(F)c1. The summed E-state index contributed by atoms with van der Waals surface area (Å²) in [6.45, 7) is 8.55. The number of ether oxygens (including phenoxy) is 3. The van der Waals surface area contributed by atoms with Crippen LogP contribution in [-0.2, 0) is 11.3 Å². The predicted octanol–water partition coefficient (Wildman–Crippen LogP) is 5.18. The third-order valence-electron chi connectivity index (χ3n) is 4.37. The van der Waals surface area contributed by atoms with E-state index < -0.39 is 29.1 Å². The first-order chi connectivity index (χ1) is 13.6. The molecule has 1 N–H and O–H groups in total. The predicted molar refractivity (Wildman–Crippen MR) is 104 cm³/mol. The number of halogens is 2. The van der Waals surface area contributed by atoms with Crippen LogP contribution in [0.1, 0.15) is 50.0 Å². The normalized spacial score (nSPS) is 14.9. The van der Waals surface area contributed by atoms with Crippen molar-refractivity contribution in [3.05, 3.63) is 53.1 Å². The van der Waals surface area contributed by atoms with Gasteiger partial charge in [-0.15, -0.1) is 0 Å². The summed E-state index contributed by atoms with van der Waals surface area (Å²) in [5.74, 6) is -2.84. The topological polar surface area (TPSA) is 56.8 Å². The van der Waals surface area contributed by atoms with Crippen molar-refractivity contribution in [3.63, 3.8) is 0 Å². The summed E-state index contributed by atoms with van der Waals surface area (Å²) in [5.41, 5.74) is 0.717. The van der Waals surface area contributed by atoms with E-state index in [0.29, 0.717) is 18.0 Å². The summed E-state index contributed by atoms with van der Waals surface area (Å²) in [4.78, 5) is 12.0. The molecule has 0 unspecified atom stereocenters. The molecule has 0 aromatic heterocycles. The lowest BCUT2D eigenvalue weighted by molar-refractivity contribution is -0.127. The first-order valence-electron chi connectivity index (χ1n) is 9.57. The minimum absolute atomic E-state index is 0.148. The van der Waals surface area contributed by atoms with Crippen LogP contribution in [0.3, 0.4) is 0 Å². The Morgan fingerprint density at radius 1 is 1.10 bits per heavy atom. The molecule has 0 bridgehead atoms. The highest BCUT2D eigenvalue weighted by atomic mass is 19.1. The molecule has 1 aliphatic heterocycles. The Bertz CT molecular complexity index is 889. The number of benzene rings is 2. The number of hydrogen-bond acceptors (Lipinski definition) is 5. The van der Waals surface area contributed by atoms with Gasteiger partial charge >= 0.3 is 5.97 Å². The molecule has 0 radical (unpaired) electrons. The minimum atomic E-state index is -1.14. The fourth-order valence-corrected chi connectivity index (χ4v) is 2.94. The minimum Gasteiger partial charge on any atom is -0.452 e. The highest BCUT2D eigenvalue weighted by molar-refractivity contribution is 5.93. The van der Waals surface area contributed by atoms with Crippen molar-refractivity contribution in [2.45, 2.75) is 46.4 Å². The smallest absolute Gasteiger partial charge is 0.345 e. The molecule has 3 rings (SSSR count). The molecular weight excluding hydrogens is 380 g/mol. The summed E-state index contributed by atoms with van der Waals surface area (Å²) >= 11 is 0. The average molecular weight is 405 g/mol. The van der Waals surface area contributed by atoms with E-state index in [9.17, 15) is 13.6 Å². The Morgan fingerprint density at radius 2 is 1.79 bits per heavy atom. The monoisotopic (exact) mass is 405 g/mol. The molecule has 0 fully saturated rings. The van der Waals surface area contributed by atoms with Gasteiger partial charge in [-0.3, -0.25) is 0 Å². The van der Waals surface area contributed by atoms with Crippen molar-refractivity contribution in [3.8, 4) is 17.2 Å². The molecule has 2 aromatic carbocycles. The van der Waals surface area contributed by atoms with Gasteiger partial charge in [-0.2, -0.15) is 0 Å². The average Bonchev–Trinajstić information content (AvgIpc) is 2.60. The maximum Gasteiger partial charge on any atom is 0.345 e. The zero-order valence-electron chi connectivity index (χ0n) is 17.0. The number of cyclic esters (lactones) is 1. The van der Waals surface area contributed by atoms with Gasteiger partial charge in [0.25, 0.3) is 0 Å². The van der Waals surface area contributed by atoms with E-state index in [1.54, 1.807) is 13.8 Å². The molecule has 7 heteroatoms. The van der Waals surface area contributed by atoms with Crippen molar-refractivity contribution >= 4 is 5.97 Å². The number of carbonyl (C=O) groups is 1. The number of nitrogens with one attached hydrogen (secondary N) is 1. The molecule has 0 saturated carbocycles. The molecule has 0 atom stereocenters. The molecule has 156 valence electrons. The lowest BCUT2D eigenvalue weighted by Crippen LogP contribution is -2.38. The summed E-state index contributed by atoms with van der Waals surface area (Å²) < 4.78 is 45.1. The fourth-order valence-electron chi connectivity index (χ4n) is 2.94. The molecule has 5 nitrogen and oxygen atoms in total. The van der Waals surface area contributed by atoms with Gasteiger partial charge in [-0.1, -0.05) is 13.8 Å².